The van der Waals surface area contributed by atoms with Gasteiger partial charge < -0.3 is 23.5 Å². The van der Waals surface area contributed by atoms with Crippen LogP contribution in [0, 0.1) is 0 Å². The Balaban J connectivity index is 1.38. The van der Waals surface area contributed by atoms with E-state index in [2.05, 4.69) is 75.6 Å². The molecular weight excluding hydrogens is 558 g/mol. The van der Waals surface area contributed by atoms with Crippen LogP contribution in [0.5, 0.6) is 11.5 Å². The van der Waals surface area contributed by atoms with Crippen LogP contribution in [0.3, 0.4) is 0 Å². The second-order valence-corrected chi connectivity index (χ2v) is 11.2. The molecule has 2 aromatic carbocycles. The fourth-order valence-electron chi connectivity index (χ4n) is 6.20. The summed E-state index contributed by atoms with van der Waals surface area (Å²) in [5, 5.41) is 0. The maximum absolute atomic E-state index is 5.93. The van der Waals surface area contributed by atoms with Gasteiger partial charge in [-0.3, -0.25) is 4.90 Å². The van der Waals surface area contributed by atoms with Crippen molar-refractivity contribution in [1.29, 1.82) is 0 Å². The molecule has 6 rings (SSSR count). The van der Waals surface area contributed by atoms with E-state index in [0.29, 0.717) is 39.0 Å². The molecule has 0 aliphatic carbocycles. The molecule has 0 spiro atoms. The van der Waals surface area contributed by atoms with Crippen molar-refractivity contribution < 1.29 is 18.9 Å². The summed E-state index contributed by atoms with van der Waals surface area (Å²) in [5.74, 6) is 2.70. The first kappa shape index (κ1) is 26.8. The van der Waals surface area contributed by atoms with Crippen LogP contribution >= 0.6 is 15.9 Å². The van der Waals surface area contributed by atoms with Crippen molar-refractivity contribution in [2.75, 3.05) is 33.0 Å². The summed E-state index contributed by atoms with van der Waals surface area (Å²) in [4.78, 5) is 7.76. The first-order valence-corrected chi connectivity index (χ1v) is 15.2. The van der Waals surface area contributed by atoms with Gasteiger partial charge in [-0.2, -0.15) is 0 Å². The number of hydrogen-bond donors (Lipinski definition) is 0. The molecule has 39 heavy (non-hydrogen) atoms. The summed E-state index contributed by atoms with van der Waals surface area (Å²) >= 11 is 3.88. The molecule has 1 unspecified atom stereocenters. The van der Waals surface area contributed by atoms with Crippen molar-refractivity contribution in [2.45, 2.75) is 71.4 Å². The standard InChI is InChI=1S/C31H38BrN3O4/c1-3-21-8-7-9-22(4-2)29(21)31-33-30(32)25(35(31)20-28-38-16-17-39-28)19-34-13-6-5-10-24(34)23-11-12-26-27(18-23)37-15-14-36-26/h7-9,11-12,18,24,28H,3-6,10,13-17,19-20H2,1-2H3. The van der Waals surface area contributed by atoms with E-state index in [1.165, 1.54) is 40.8 Å². The van der Waals surface area contributed by atoms with Crippen LogP contribution in [0.4, 0.5) is 0 Å². The van der Waals surface area contributed by atoms with Gasteiger partial charge in [0.15, 0.2) is 17.8 Å². The number of piperidine rings is 1. The summed E-state index contributed by atoms with van der Waals surface area (Å²) in [6, 6.07) is 13.4. The van der Waals surface area contributed by atoms with E-state index in [9.17, 15) is 0 Å². The number of benzene rings is 2. The highest BCUT2D eigenvalue weighted by Crippen LogP contribution is 2.40. The second kappa shape index (κ2) is 12.0. The Hall–Kier alpha value is -2.39. The fourth-order valence-corrected chi connectivity index (χ4v) is 6.71. The topological polar surface area (TPSA) is 58.0 Å². The Bertz CT molecular complexity index is 1280. The van der Waals surface area contributed by atoms with Crippen LogP contribution in [0.2, 0.25) is 0 Å². The lowest BCUT2D eigenvalue weighted by molar-refractivity contribution is -0.0529. The number of aryl methyl sites for hydroxylation is 2. The molecule has 4 heterocycles. The normalized spacial score (nSPS) is 20.0. The van der Waals surface area contributed by atoms with E-state index < -0.39 is 0 Å². The molecule has 3 aliphatic heterocycles. The molecule has 0 N–H and O–H groups in total. The molecule has 2 fully saturated rings. The maximum atomic E-state index is 5.93. The molecule has 3 aliphatic rings. The number of imidazole rings is 1. The molecule has 0 bridgehead atoms. The lowest BCUT2D eigenvalue weighted by Gasteiger charge is -2.36. The second-order valence-electron chi connectivity index (χ2n) is 10.5. The monoisotopic (exact) mass is 595 g/mol. The predicted molar refractivity (Wildman–Crippen MR) is 154 cm³/mol. The molecule has 0 saturated carbocycles. The van der Waals surface area contributed by atoms with E-state index in [4.69, 9.17) is 23.9 Å². The number of aromatic nitrogens is 2. The van der Waals surface area contributed by atoms with E-state index in [1.54, 1.807) is 0 Å². The third kappa shape index (κ3) is 5.49. The molecule has 0 amide bonds. The Kier molecular flexibility index (Phi) is 8.25. The van der Waals surface area contributed by atoms with E-state index in [1.807, 2.05) is 0 Å². The zero-order valence-corrected chi connectivity index (χ0v) is 24.5. The molecule has 8 heteroatoms. The number of ether oxygens (including phenoxy) is 4. The maximum Gasteiger partial charge on any atom is 0.175 e. The largest absolute Gasteiger partial charge is 0.486 e. The lowest BCUT2D eigenvalue weighted by Crippen LogP contribution is -2.34. The van der Waals surface area contributed by atoms with E-state index >= 15 is 0 Å². The molecule has 3 aromatic rings. The Labute approximate surface area is 239 Å². The van der Waals surface area contributed by atoms with Gasteiger partial charge in [-0.15, -0.1) is 0 Å². The summed E-state index contributed by atoms with van der Waals surface area (Å²) in [6.45, 7) is 9.36. The zero-order chi connectivity index (χ0) is 26.8. The minimum absolute atomic E-state index is 0.266. The van der Waals surface area contributed by atoms with Gasteiger partial charge in [-0.1, -0.05) is 44.5 Å². The number of halogens is 1. The Morgan fingerprint density at radius 2 is 1.67 bits per heavy atom. The van der Waals surface area contributed by atoms with Crippen LogP contribution < -0.4 is 9.47 Å². The van der Waals surface area contributed by atoms with Gasteiger partial charge in [0, 0.05) is 18.2 Å². The molecule has 0 radical (unpaired) electrons. The molecule has 2 saturated heterocycles. The van der Waals surface area contributed by atoms with Crippen LogP contribution in [0.1, 0.15) is 61.5 Å². The van der Waals surface area contributed by atoms with Crippen molar-refractivity contribution in [3.8, 4) is 22.9 Å². The molecule has 7 nitrogen and oxygen atoms in total. The van der Waals surface area contributed by atoms with Gasteiger partial charge in [-0.25, -0.2) is 4.98 Å². The van der Waals surface area contributed by atoms with Gasteiger partial charge in [0.2, 0.25) is 0 Å². The quantitative estimate of drug-likeness (QED) is 0.304. The predicted octanol–water partition coefficient (Wildman–Crippen LogP) is 6.31. The molecule has 208 valence electrons. The molecule has 1 atom stereocenters. The number of nitrogens with zero attached hydrogens (tertiary/aromatic N) is 3. The average molecular weight is 597 g/mol. The number of likely N-dealkylation sites (tertiary alicyclic amines) is 1. The average Bonchev–Trinajstić information content (AvgIpc) is 3.60. The summed E-state index contributed by atoms with van der Waals surface area (Å²) in [7, 11) is 0. The zero-order valence-electron chi connectivity index (χ0n) is 23.0. The first-order chi connectivity index (χ1) is 19.2. The van der Waals surface area contributed by atoms with Crippen molar-refractivity contribution in [1.82, 2.24) is 14.5 Å². The van der Waals surface area contributed by atoms with Crippen molar-refractivity contribution in [3.05, 3.63) is 63.4 Å². The summed E-state index contributed by atoms with van der Waals surface area (Å²) in [6.07, 6.45) is 5.17. The van der Waals surface area contributed by atoms with Crippen molar-refractivity contribution in [3.63, 3.8) is 0 Å². The molecule has 1 aromatic heterocycles. The minimum atomic E-state index is -0.266. The van der Waals surface area contributed by atoms with Crippen molar-refractivity contribution >= 4 is 15.9 Å². The number of rotatable bonds is 8. The van der Waals surface area contributed by atoms with Gasteiger partial charge in [0.25, 0.3) is 0 Å². The van der Waals surface area contributed by atoms with E-state index in [0.717, 1.165) is 54.3 Å². The Morgan fingerprint density at radius 1 is 0.923 bits per heavy atom. The molecular formula is C31H38BrN3O4. The van der Waals surface area contributed by atoms with Crippen LogP contribution in [-0.2, 0) is 35.4 Å². The van der Waals surface area contributed by atoms with Gasteiger partial charge in [-0.05, 0) is 77.0 Å². The highest BCUT2D eigenvalue weighted by atomic mass is 79.9. The minimum Gasteiger partial charge on any atom is -0.486 e. The number of hydrogen-bond acceptors (Lipinski definition) is 6. The Morgan fingerprint density at radius 3 is 2.41 bits per heavy atom. The first-order valence-electron chi connectivity index (χ1n) is 14.4. The highest BCUT2D eigenvalue weighted by molar-refractivity contribution is 9.10. The van der Waals surface area contributed by atoms with Gasteiger partial charge >= 0.3 is 0 Å². The smallest absolute Gasteiger partial charge is 0.175 e. The SMILES string of the molecule is CCc1cccc(CC)c1-c1nc(Br)c(CN2CCCCC2c2ccc3c(c2)OCCO3)n1CC1OCCO1. The number of fused-ring (bicyclic) bond motifs is 1. The lowest BCUT2D eigenvalue weighted by atomic mass is 9.94. The van der Waals surface area contributed by atoms with E-state index in [-0.39, 0.29) is 6.29 Å². The van der Waals surface area contributed by atoms with Crippen molar-refractivity contribution in [2.24, 2.45) is 0 Å². The van der Waals surface area contributed by atoms with Gasteiger partial charge in [0.05, 0.1) is 25.5 Å². The summed E-state index contributed by atoms with van der Waals surface area (Å²) in [5.41, 5.74) is 6.34. The third-order valence-corrected chi connectivity index (χ3v) is 8.82. The highest BCUT2D eigenvalue weighted by Gasteiger charge is 2.30. The van der Waals surface area contributed by atoms with Crippen LogP contribution in [0.15, 0.2) is 41.0 Å². The third-order valence-electron chi connectivity index (χ3n) is 8.19. The van der Waals surface area contributed by atoms with Crippen LogP contribution in [0.25, 0.3) is 11.4 Å². The van der Waals surface area contributed by atoms with Gasteiger partial charge in [0.1, 0.15) is 23.6 Å². The van der Waals surface area contributed by atoms with Crippen LogP contribution in [-0.4, -0.2) is 53.7 Å². The fraction of sp³-hybridized carbons (Fsp3) is 0.516. The summed E-state index contributed by atoms with van der Waals surface area (Å²) < 4.78 is 26.8.